The van der Waals surface area contributed by atoms with Gasteiger partial charge < -0.3 is 4.74 Å². The van der Waals surface area contributed by atoms with Crippen molar-refractivity contribution in [1.82, 2.24) is 19.6 Å². The minimum absolute atomic E-state index is 0.236. The maximum Gasteiger partial charge on any atom is 0.187 e. The molecule has 1 saturated heterocycles. The largest absolute Gasteiger partial charge is 0.381 e. The van der Waals surface area contributed by atoms with E-state index in [9.17, 15) is 0 Å². The van der Waals surface area contributed by atoms with Crippen molar-refractivity contribution in [2.75, 3.05) is 13.2 Å². The fraction of sp³-hybridized carbons (Fsp3) is 0.250. The minimum Gasteiger partial charge on any atom is -0.381 e. The fourth-order valence-electron chi connectivity index (χ4n) is 5.03. The minimum atomic E-state index is 0.236. The molecule has 6 rings (SSSR count). The smallest absolute Gasteiger partial charge is 0.187 e. The summed E-state index contributed by atoms with van der Waals surface area (Å²) >= 11 is 1.81. The maximum absolute atomic E-state index is 5.66. The molecule has 1 fully saturated rings. The highest BCUT2D eigenvalue weighted by atomic mass is 32.2. The zero-order valence-corrected chi connectivity index (χ0v) is 20.0. The summed E-state index contributed by atoms with van der Waals surface area (Å²) in [5, 5.41) is 9.93. The lowest BCUT2D eigenvalue weighted by atomic mass is 9.72. The van der Waals surface area contributed by atoms with Crippen molar-refractivity contribution in [3.05, 3.63) is 84.6 Å². The van der Waals surface area contributed by atoms with Crippen LogP contribution in [-0.4, -0.2) is 32.8 Å². The van der Waals surface area contributed by atoms with Crippen LogP contribution in [0.4, 0.5) is 0 Å². The van der Waals surface area contributed by atoms with Crippen LogP contribution < -0.4 is 0 Å². The van der Waals surface area contributed by atoms with Gasteiger partial charge in [0.25, 0.3) is 0 Å². The van der Waals surface area contributed by atoms with E-state index in [-0.39, 0.29) is 5.41 Å². The number of hydrogen-bond acceptors (Lipinski definition) is 5. The second-order valence-electron chi connectivity index (χ2n) is 8.86. The summed E-state index contributed by atoms with van der Waals surface area (Å²) in [5.41, 5.74) is 4.39. The molecule has 5 nitrogen and oxygen atoms in total. The summed E-state index contributed by atoms with van der Waals surface area (Å²) in [6, 6.07) is 25.7. The predicted octanol–water partition coefficient (Wildman–Crippen LogP) is 6.55. The van der Waals surface area contributed by atoms with Crippen molar-refractivity contribution in [2.24, 2.45) is 0 Å². The van der Waals surface area contributed by atoms with E-state index in [0.717, 1.165) is 60.5 Å². The first-order valence-corrected chi connectivity index (χ1v) is 12.6. The molecule has 0 spiro atoms. The Morgan fingerprint density at radius 2 is 1.79 bits per heavy atom. The highest BCUT2D eigenvalue weighted by molar-refractivity contribution is 7.99. The van der Waals surface area contributed by atoms with Gasteiger partial charge in [-0.2, -0.15) is 0 Å². The van der Waals surface area contributed by atoms with Crippen LogP contribution in [0.1, 0.15) is 31.7 Å². The Bertz CT molecular complexity index is 1460. The SMILES string of the molecule is CCC1(c2cccc(Sc3ccc4c(ccc5nnc(-c6ccccn6)n54)c3)c2)CCOCC1. The standard InChI is InChI=1S/C28H26N4OS/c1-2-28(13-16-33-17-14-28)21-6-5-7-22(19-21)34-23-10-11-25-20(18-23)9-12-26-30-31-27(32(25)26)24-8-3-4-15-29-24/h3-12,15,18-19H,2,13-14,16-17H2,1H3. The lowest BCUT2D eigenvalue weighted by Gasteiger charge is -2.37. The molecule has 0 aliphatic carbocycles. The zero-order chi connectivity index (χ0) is 23.0. The van der Waals surface area contributed by atoms with Gasteiger partial charge in [-0.05, 0) is 90.2 Å². The molecule has 0 saturated carbocycles. The Labute approximate surface area is 203 Å². The number of ether oxygens (including phenoxy) is 1. The second kappa shape index (κ2) is 8.85. The Kier molecular flexibility index (Phi) is 5.55. The third-order valence-corrected chi connectivity index (χ3v) is 8.02. The molecule has 0 unspecified atom stereocenters. The molecule has 0 atom stereocenters. The van der Waals surface area contributed by atoms with Crippen LogP contribution in [0.3, 0.4) is 0 Å². The normalized spacial score (nSPS) is 15.7. The summed E-state index contributed by atoms with van der Waals surface area (Å²) in [7, 11) is 0. The van der Waals surface area contributed by atoms with Gasteiger partial charge in [0.15, 0.2) is 11.5 Å². The molecule has 5 aromatic rings. The van der Waals surface area contributed by atoms with E-state index in [2.05, 4.69) is 75.0 Å². The summed E-state index contributed by atoms with van der Waals surface area (Å²) < 4.78 is 7.74. The van der Waals surface area contributed by atoms with Gasteiger partial charge in [-0.25, -0.2) is 0 Å². The maximum atomic E-state index is 5.66. The van der Waals surface area contributed by atoms with Crippen molar-refractivity contribution in [1.29, 1.82) is 0 Å². The Morgan fingerprint density at radius 1 is 0.912 bits per heavy atom. The molecule has 4 heterocycles. The summed E-state index contributed by atoms with van der Waals surface area (Å²) in [6.07, 6.45) is 5.13. The number of nitrogens with zero attached hydrogens (tertiary/aromatic N) is 4. The molecule has 1 aliphatic rings. The van der Waals surface area contributed by atoms with Crippen LogP contribution in [0.25, 0.3) is 28.1 Å². The summed E-state index contributed by atoms with van der Waals surface area (Å²) in [6.45, 7) is 4.02. The van der Waals surface area contributed by atoms with Crippen molar-refractivity contribution in [2.45, 2.75) is 41.4 Å². The molecule has 170 valence electrons. The van der Waals surface area contributed by atoms with Crippen LogP contribution >= 0.6 is 11.8 Å². The first-order valence-electron chi connectivity index (χ1n) is 11.8. The molecule has 0 N–H and O–H groups in total. The number of benzene rings is 2. The predicted molar refractivity (Wildman–Crippen MR) is 136 cm³/mol. The average molecular weight is 467 g/mol. The highest BCUT2D eigenvalue weighted by Gasteiger charge is 2.32. The Hall–Kier alpha value is -3.22. The molecule has 1 aliphatic heterocycles. The molecule has 34 heavy (non-hydrogen) atoms. The fourth-order valence-corrected chi connectivity index (χ4v) is 5.96. The number of hydrogen-bond donors (Lipinski definition) is 0. The van der Waals surface area contributed by atoms with Gasteiger partial charge in [0.05, 0.1) is 5.52 Å². The Morgan fingerprint density at radius 3 is 2.62 bits per heavy atom. The number of pyridine rings is 2. The number of rotatable bonds is 5. The topological polar surface area (TPSA) is 52.3 Å². The van der Waals surface area contributed by atoms with Gasteiger partial charge in [-0.1, -0.05) is 36.9 Å². The monoisotopic (exact) mass is 466 g/mol. The molecule has 3 aromatic heterocycles. The van der Waals surface area contributed by atoms with Crippen LogP contribution in [0.2, 0.25) is 0 Å². The van der Waals surface area contributed by atoms with Gasteiger partial charge in [0, 0.05) is 29.2 Å². The van der Waals surface area contributed by atoms with Gasteiger partial charge in [-0.3, -0.25) is 9.38 Å². The van der Waals surface area contributed by atoms with E-state index in [1.54, 1.807) is 6.20 Å². The molecule has 6 heteroatoms. The summed E-state index contributed by atoms with van der Waals surface area (Å²) in [4.78, 5) is 6.97. The molecular formula is C28H26N4OS. The van der Waals surface area contributed by atoms with E-state index < -0.39 is 0 Å². The van der Waals surface area contributed by atoms with E-state index in [4.69, 9.17) is 4.74 Å². The van der Waals surface area contributed by atoms with Crippen LogP contribution in [0.15, 0.2) is 88.8 Å². The van der Waals surface area contributed by atoms with Crippen molar-refractivity contribution < 1.29 is 4.74 Å². The summed E-state index contributed by atoms with van der Waals surface area (Å²) in [5.74, 6) is 0.760. The lowest BCUT2D eigenvalue weighted by molar-refractivity contribution is 0.0485. The van der Waals surface area contributed by atoms with Crippen molar-refractivity contribution in [3.8, 4) is 11.5 Å². The highest BCUT2D eigenvalue weighted by Crippen LogP contribution is 2.40. The zero-order valence-electron chi connectivity index (χ0n) is 19.1. The molecule has 0 amide bonds. The van der Waals surface area contributed by atoms with Crippen molar-refractivity contribution >= 4 is 28.3 Å². The van der Waals surface area contributed by atoms with E-state index in [1.165, 1.54) is 15.4 Å². The van der Waals surface area contributed by atoms with Gasteiger partial charge >= 0.3 is 0 Å². The van der Waals surface area contributed by atoms with Crippen LogP contribution in [-0.2, 0) is 10.2 Å². The Balaban J connectivity index is 1.35. The van der Waals surface area contributed by atoms with E-state index in [0.29, 0.717) is 0 Å². The molecule has 2 aromatic carbocycles. The molecule has 0 bridgehead atoms. The van der Waals surface area contributed by atoms with Gasteiger partial charge in [0.1, 0.15) is 5.69 Å². The second-order valence-corrected chi connectivity index (χ2v) is 10.0. The van der Waals surface area contributed by atoms with Crippen molar-refractivity contribution in [3.63, 3.8) is 0 Å². The van der Waals surface area contributed by atoms with Gasteiger partial charge in [0.2, 0.25) is 0 Å². The van der Waals surface area contributed by atoms with Crippen LogP contribution in [0, 0.1) is 0 Å². The first kappa shape index (κ1) is 21.3. The third kappa shape index (κ3) is 3.77. The quantitative estimate of drug-likeness (QED) is 0.294. The van der Waals surface area contributed by atoms with E-state index >= 15 is 0 Å². The lowest BCUT2D eigenvalue weighted by Crippen LogP contribution is -2.33. The van der Waals surface area contributed by atoms with Gasteiger partial charge in [-0.15, -0.1) is 10.2 Å². The third-order valence-electron chi connectivity index (χ3n) is 7.04. The van der Waals surface area contributed by atoms with Crippen LogP contribution in [0.5, 0.6) is 0 Å². The molecule has 0 radical (unpaired) electrons. The van der Waals surface area contributed by atoms with E-state index in [1.807, 2.05) is 36.0 Å². The first-order chi connectivity index (χ1) is 16.8. The number of aromatic nitrogens is 4. The molecular weight excluding hydrogens is 440 g/mol. The number of fused-ring (bicyclic) bond motifs is 3. The average Bonchev–Trinajstić information content (AvgIpc) is 3.34.